The number of esters is 1. The van der Waals surface area contributed by atoms with Crippen LogP contribution in [0.4, 0.5) is 0 Å². The predicted octanol–water partition coefficient (Wildman–Crippen LogP) is 16.0. The number of carbonyl (C=O) groups is 2. The van der Waals surface area contributed by atoms with E-state index >= 15 is 0 Å². The first-order valence-corrected chi connectivity index (χ1v) is 26.6. The van der Waals surface area contributed by atoms with Gasteiger partial charge in [0.2, 0.25) is 5.91 Å². The maximum Gasteiger partial charge on any atom is 0.306 e. The van der Waals surface area contributed by atoms with Crippen molar-refractivity contribution in [1.82, 2.24) is 5.32 Å². The van der Waals surface area contributed by atoms with E-state index in [1.165, 1.54) is 141 Å². The Bertz CT molecular complexity index is 1110. The zero-order valence-electron chi connectivity index (χ0n) is 41.0. The van der Waals surface area contributed by atoms with Gasteiger partial charge in [-0.25, -0.2) is 0 Å². The van der Waals surface area contributed by atoms with E-state index in [2.05, 4.69) is 50.4 Å². The molecule has 3 N–H and O–H groups in total. The Labute approximate surface area is 384 Å². The molecule has 3 unspecified atom stereocenters. The minimum absolute atomic E-state index is 0.0615. The van der Waals surface area contributed by atoms with Crippen LogP contribution in [0.25, 0.3) is 0 Å². The Morgan fingerprint density at radius 1 is 0.484 bits per heavy atom. The number of rotatable bonds is 47. The van der Waals surface area contributed by atoms with Crippen molar-refractivity contribution in [2.45, 2.75) is 277 Å². The number of aliphatic hydroxyl groups is 2. The van der Waals surface area contributed by atoms with Gasteiger partial charge in [0.1, 0.15) is 6.10 Å². The molecule has 0 bridgehead atoms. The average molecular weight is 868 g/mol. The maximum atomic E-state index is 13.2. The van der Waals surface area contributed by atoms with Crippen LogP contribution in [0.2, 0.25) is 0 Å². The van der Waals surface area contributed by atoms with Gasteiger partial charge in [0, 0.05) is 6.42 Å². The summed E-state index contributed by atoms with van der Waals surface area (Å²) in [5.41, 5.74) is 0. The number of unbranched alkanes of at least 4 members (excludes halogenated alkanes) is 29. The van der Waals surface area contributed by atoms with Crippen molar-refractivity contribution < 1.29 is 24.5 Å². The highest BCUT2D eigenvalue weighted by Gasteiger charge is 2.24. The van der Waals surface area contributed by atoms with Crippen molar-refractivity contribution in [1.29, 1.82) is 0 Å². The van der Waals surface area contributed by atoms with Crippen LogP contribution in [0, 0.1) is 0 Å². The highest BCUT2D eigenvalue weighted by atomic mass is 16.5. The Balaban J connectivity index is 4.64. The molecule has 0 aliphatic heterocycles. The van der Waals surface area contributed by atoms with Gasteiger partial charge in [-0.05, 0) is 44.9 Å². The zero-order valence-corrected chi connectivity index (χ0v) is 41.0. The van der Waals surface area contributed by atoms with Crippen LogP contribution >= 0.6 is 0 Å². The lowest BCUT2D eigenvalue weighted by atomic mass is 10.0. The third kappa shape index (κ3) is 44.2. The number of aliphatic hydroxyl groups excluding tert-OH is 2. The van der Waals surface area contributed by atoms with Gasteiger partial charge in [0.15, 0.2) is 0 Å². The summed E-state index contributed by atoms with van der Waals surface area (Å²) in [6, 6.07) is -0.710. The minimum atomic E-state index is -0.795. The molecule has 0 aliphatic carbocycles. The van der Waals surface area contributed by atoms with Gasteiger partial charge in [0.05, 0.1) is 25.2 Å². The standard InChI is InChI=1S/C56H101NO5/c1-4-7-10-13-16-19-22-24-26-27-29-30-33-35-38-41-44-47-52(62-56(61)49-46-43-40-37-34-31-28-25-23-20-17-14-11-8-5-2)50-55(60)57-53(51-58)54(59)48-45-42-39-36-32-21-18-15-12-9-6-3/h8,11,14,17,20,23,25,28,31,34,52-54,58-59H,4-7,9-10,12-13,15-16,18-19,21-22,24,26-27,29-30,32-33,35-51H2,1-3H3,(H,57,60)/b11-8+,17-14+,23-20-,28-25-,34-31+. The van der Waals surface area contributed by atoms with Crippen LogP contribution in [-0.4, -0.2) is 46.9 Å². The fraction of sp³-hybridized carbons (Fsp3) is 0.786. The molecule has 0 rings (SSSR count). The molecule has 0 fully saturated rings. The third-order valence-electron chi connectivity index (χ3n) is 12.0. The second-order valence-electron chi connectivity index (χ2n) is 18.0. The van der Waals surface area contributed by atoms with Gasteiger partial charge >= 0.3 is 5.97 Å². The second kappa shape index (κ2) is 49.6. The van der Waals surface area contributed by atoms with Gasteiger partial charge in [-0.1, -0.05) is 261 Å². The second-order valence-corrected chi connectivity index (χ2v) is 18.0. The van der Waals surface area contributed by atoms with Crippen molar-refractivity contribution in [2.75, 3.05) is 6.61 Å². The van der Waals surface area contributed by atoms with Crippen molar-refractivity contribution in [2.24, 2.45) is 0 Å². The first-order chi connectivity index (χ1) is 30.5. The summed E-state index contributed by atoms with van der Waals surface area (Å²) in [5, 5.41) is 23.8. The molecule has 3 atom stereocenters. The number of allylic oxidation sites excluding steroid dienone is 10. The molecule has 0 aliphatic rings. The molecule has 6 nitrogen and oxygen atoms in total. The van der Waals surface area contributed by atoms with Crippen molar-refractivity contribution >= 4 is 11.9 Å². The fourth-order valence-corrected chi connectivity index (χ4v) is 7.98. The molecule has 62 heavy (non-hydrogen) atoms. The summed E-state index contributed by atoms with van der Waals surface area (Å²) in [4.78, 5) is 26.2. The van der Waals surface area contributed by atoms with E-state index in [0.717, 1.165) is 70.6 Å². The average Bonchev–Trinajstić information content (AvgIpc) is 3.26. The molecule has 6 heteroatoms. The van der Waals surface area contributed by atoms with Gasteiger partial charge < -0.3 is 20.3 Å². The summed E-state index contributed by atoms with van der Waals surface area (Å²) >= 11 is 0. The summed E-state index contributed by atoms with van der Waals surface area (Å²) in [7, 11) is 0. The number of hydrogen-bond acceptors (Lipinski definition) is 5. The number of ether oxygens (including phenoxy) is 1. The van der Waals surface area contributed by atoms with Crippen LogP contribution in [0.5, 0.6) is 0 Å². The van der Waals surface area contributed by atoms with Crippen LogP contribution in [0.15, 0.2) is 60.8 Å². The van der Waals surface area contributed by atoms with Crippen LogP contribution in [0.3, 0.4) is 0 Å². The molecule has 0 radical (unpaired) electrons. The minimum Gasteiger partial charge on any atom is -0.462 e. The molecule has 0 spiro atoms. The smallest absolute Gasteiger partial charge is 0.306 e. The number of amides is 1. The molecule has 360 valence electrons. The summed E-state index contributed by atoms with van der Waals surface area (Å²) in [5.74, 6) is -0.516. The van der Waals surface area contributed by atoms with Crippen molar-refractivity contribution in [3.8, 4) is 0 Å². The Morgan fingerprint density at radius 2 is 0.871 bits per heavy atom. The SMILES string of the molecule is CC/C=C/C=C/C=C\C=C/C=C/CCCCCC(=O)OC(CCCCCCCCCCCCCCCCCCC)CC(=O)NC(CO)C(O)CCCCCCCCCCCCC. The van der Waals surface area contributed by atoms with Gasteiger partial charge in [-0.2, -0.15) is 0 Å². The first kappa shape index (κ1) is 59.6. The summed E-state index contributed by atoms with van der Waals surface area (Å²) < 4.78 is 5.93. The van der Waals surface area contributed by atoms with E-state index in [-0.39, 0.29) is 24.9 Å². The normalized spacial score (nSPS) is 13.7. The molecule has 0 heterocycles. The van der Waals surface area contributed by atoms with E-state index in [1.54, 1.807) is 0 Å². The lowest BCUT2D eigenvalue weighted by molar-refractivity contribution is -0.151. The van der Waals surface area contributed by atoms with Crippen molar-refractivity contribution in [3.05, 3.63) is 60.8 Å². The van der Waals surface area contributed by atoms with Crippen molar-refractivity contribution in [3.63, 3.8) is 0 Å². The van der Waals surface area contributed by atoms with Crippen LogP contribution in [0.1, 0.15) is 258 Å². The Kier molecular flexibility index (Phi) is 47.6. The topological polar surface area (TPSA) is 95.9 Å². The monoisotopic (exact) mass is 868 g/mol. The highest BCUT2D eigenvalue weighted by Crippen LogP contribution is 2.18. The molecule has 0 aromatic heterocycles. The molecule has 0 saturated carbocycles. The van der Waals surface area contributed by atoms with Gasteiger partial charge in [-0.3, -0.25) is 9.59 Å². The quantitative estimate of drug-likeness (QED) is 0.0322. The molecule has 0 aromatic rings. The molecular formula is C56H101NO5. The number of hydrogen-bond donors (Lipinski definition) is 3. The summed E-state index contributed by atoms with van der Waals surface area (Å²) in [6.45, 7) is 6.34. The fourth-order valence-electron chi connectivity index (χ4n) is 7.98. The van der Waals surface area contributed by atoms with Crippen LogP contribution in [-0.2, 0) is 14.3 Å². The molecular weight excluding hydrogens is 767 g/mol. The van der Waals surface area contributed by atoms with E-state index in [9.17, 15) is 19.8 Å². The highest BCUT2D eigenvalue weighted by molar-refractivity contribution is 5.77. The van der Waals surface area contributed by atoms with E-state index in [0.29, 0.717) is 19.3 Å². The number of nitrogens with one attached hydrogen (secondary N) is 1. The Hall–Kier alpha value is -2.44. The molecule has 0 aromatic carbocycles. The lowest BCUT2D eigenvalue weighted by Gasteiger charge is -2.24. The first-order valence-electron chi connectivity index (χ1n) is 26.6. The maximum absolute atomic E-state index is 13.2. The lowest BCUT2D eigenvalue weighted by Crippen LogP contribution is -2.46. The van der Waals surface area contributed by atoms with Gasteiger partial charge in [-0.15, -0.1) is 0 Å². The summed E-state index contributed by atoms with van der Waals surface area (Å²) in [6.07, 6.45) is 61.4. The predicted molar refractivity (Wildman–Crippen MR) is 268 cm³/mol. The largest absolute Gasteiger partial charge is 0.462 e. The molecule has 0 saturated heterocycles. The zero-order chi connectivity index (χ0) is 45.2. The van der Waals surface area contributed by atoms with Gasteiger partial charge in [0.25, 0.3) is 0 Å². The van der Waals surface area contributed by atoms with E-state index in [4.69, 9.17) is 4.74 Å². The number of carbonyl (C=O) groups excluding carboxylic acids is 2. The Morgan fingerprint density at radius 3 is 1.31 bits per heavy atom. The van der Waals surface area contributed by atoms with Crippen LogP contribution < -0.4 is 5.32 Å². The molecule has 1 amide bonds. The van der Waals surface area contributed by atoms with E-state index < -0.39 is 18.2 Å². The van der Waals surface area contributed by atoms with E-state index in [1.807, 2.05) is 36.5 Å². The third-order valence-corrected chi connectivity index (χ3v) is 12.0.